The lowest BCUT2D eigenvalue weighted by Gasteiger charge is -2.10. The normalized spacial score (nSPS) is 10.2. The van der Waals surface area contributed by atoms with Gasteiger partial charge < -0.3 is 10.1 Å². The number of nitrogens with one attached hydrogen (secondary N) is 1. The Hall–Kier alpha value is -1.81. The maximum Gasteiger partial charge on any atom is 0.262 e. The molecule has 0 spiro atoms. The van der Waals surface area contributed by atoms with Crippen molar-refractivity contribution in [2.75, 3.05) is 11.9 Å². The zero-order chi connectivity index (χ0) is 14.5. The summed E-state index contributed by atoms with van der Waals surface area (Å²) in [6.07, 6.45) is 0. The highest BCUT2D eigenvalue weighted by Gasteiger charge is 2.06. The molecule has 0 saturated heterocycles. The van der Waals surface area contributed by atoms with E-state index in [1.54, 1.807) is 0 Å². The van der Waals surface area contributed by atoms with Gasteiger partial charge in [-0.1, -0.05) is 40.2 Å². The highest BCUT2D eigenvalue weighted by atomic mass is 79.9. The standard InChI is InChI=1S/C16H16BrNO2/c1-11-7-8-13(9-14(11)17)18-16(19)10-20-15-6-4-3-5-12(15)2/h3-9H,10H2,1-2H3,(H,18,19). The van der Waals surface area contributed by atoms with E-state index in [-0.39, 0.29) is 12.5 Å². The fourth-order valence-electron chi connectivity index (χ4n) is 1.73. The summed E-state index contributed by atoms with van der Waals surface area (Å²) in [4.78, 5) is 11.8. The summed E-state index contributed by atoms with van der Waals surface area (Å²) < 4.78 is 6.47. The third-order valence-corrected chi connectivity index (χ3v) is 3.76. The number of carbonyl (C=O) groups is 1. The van der Waals surface area contributed by atoms with Gasteiger partial charge in [0.05, 0.1) is 0 Å². The summed E-state index contributed by atoms with van der Waals surface area (Å²) in [6, 6.07) is 13.3. The van der Waals surface area contributed by atoms with E-state index in [2.05, 4.69) is 21.2 Å². The van der Waals surface area contributed by atoms with Gasteiger partial charge >= 0.3 is 0 Å². The van der Waals surface area contributed by atoms with Crippen molar-refractivity contribution in [2.24, 2.45) is 0 Å². The number of rotatable bonds is 4. The Bertz CT molecular complexity index is 626. The Kier molecular flexibility index (Phi) is 4.79. The van der Waals surface area contributed by atoms with E-state index in [1.807, 2.05) is 56.3 Å². The number of para-hydroxylation sites is 1. The van der Waals surface area contributed by atoms with Crippen LogP contribution >= 0.6 is 15.9 Å². The molecule has 20 heavy (non-hydrogen) atoms. The highest BCUT2D eigenvalue weighted by Crippen LogP contribution is 2.21. The minimum Gasteiger partial charge on any atom is -0.483 e. The Morgan fingerprint density at radius 1 is 1.15 bits per heavy atom. The molecule has 0 aliphatic carbocycles. The monoisotopic (exact) mass is 333 g/mol. The van der Waals surface area contributed by atoms with Crippen LogP contribution in [0.5, 0.6) is 5.75 Å². The van der Waals surface area contributed by atoms with Crippen molar-refractivity contribution in [3.63, 3.8) is 0 Å². The lowest BCUT2D eigenvalue weighted by atomic mass is 10.2. The fraction of sp³-hybridized carbons (Fsp3) is 0.188. The number of aryl methyl sites for hydroxylation is 2. The quantitative estimate of drug-likeness (QED) is 0.915. The first-order chi connectivity index (χ1) is 9.56. The largest absolute Gasteiger partial charge is 0.483 e. The molecule has 104 valence electrons. The van der Waals surface area contributed by atoms with Crippen molar-refractivity contribution in [2.45, 2.75) is 13.8 Å². The van der Waals surface area contributed by atoms with E-state index in [1.165, 1.54) is 0 Å². The number of ether oxygens (including phenoxy) is 1. The molecule has 0 unspecified atom stereocenters. The molecule has 1 amide bonds. The van der Waals surface area contributed by atoms with Crippen LogP contribution in [0.1, 0.15) is 11.1 Å². The van der Waals surface area contributed by atoms with Gasteiger partial charge in [-0.25, -0.2) is 0 Å². The van der Waals surface area contributed by atoms with Crippen molar-refractivity contribution >= 4 is 27.5 Å². The SMILES string of the molecule is Cc1ccc(NC(=O)COc2ccccc2C)cc1Br. The van der Waals surface area contributed by atoms with Crippen molar-refractivity contribution in [1.29, 1.82) is 0 Å². The molecular weight excluding hydrogens is 318 g/mol. The Morgan fingerprint density at radius 2 is 1.90 bits per heavy atom. The maximum absolute atomic E-state index is 11.8. The zero-order valence-electron chi connectivity index (χ0n) is 11.4. The number of anilines is 1. The minimum atomic E-state index is -0.177. The van der Waals surface area contributed by atoms with Crippen molar-refractivity contribution in [1.82, 2.24) is 0 Å². The molecule has 0 heterocycles. The van der Waals surface area contributed by atoms with Crippen molar-refractivity contribution in [3.05, 3.63) is 58.1 Å². The predicted octanol–water partition coefficient (Wildman–Crippen LogP) is 4.08. The summed E-state index contributed by atoms with van der Waals surface area (Å²) in [7, 11) is 0. The lowest BCUT2D eigenvalue weighted by Crippen LogP contribution is -2.20. The highest BCUT2D eigenvalue weighted by molar-refractivity contribution is 9.10. The molecule has 2 rings (SSSR count). The van der Waals surface area contributed by atoms with Gasteiger partial charge in [-0.05, 0) is 43.2 Å². The van der Waals surface area contributed by atoms with Gasteiger partial charge in [0.15, 0.2) is 6.61 Å². The molecule has 0 atom stereocenters. The first-order valence-electron chi connectivity index (χ1n) is 6.30. The third-order valence-electron chi connectivity index (χ3n) is 2.91. The molecule has 0 fully saturated rings. The van der Waals surface area contributed by atoms with E-state index in [4.69, 9.17) is 4.74 Å². The van der Waals surface area contributed by atoms with E-state index in [0.717, 1.165) is 27.0 Å². The topological polar surface area (TPSA) is 38.3 Å². The average Bonchev–Trinajstić information content (AvgIpc) is 2.42. The van der Waals surface area contributed by atoms with E-state index >= 15 is 0 Å². The molecular formula is C16H16BrNO2. The summed E-state index contributed by atoms with van der Waals surface area (Å²) in [5.41, 5.74) is 2.89. The number of amides is 1. The number of halogens is 1. The van der Waals surface area contributed by atoms with E-state index in [0.29, 0.717) is 0 Å². The molecule has 2 aromatic carbocycles. The average molecular weight is 334 g/mol. The first-order valence-corrected chi connectivity index (χ1v) is 7.10. The van der Waals surface area contributed by atoms with Crippen LogP contribution < -0.4 is 10.1 Å². The molecule has 0 aliphatic rings. The predicted molar refractivity (Wildman–Crippen MR) is 84.2 cm³/mol. The molecule has 1 N–H and O–H groups in total. The second-order valence-corrected chi connectivity index (χ2v) is 5.42. The molecule has 0 aliphatic heterocycles. The van der Waals surface area contributed by atoms with Gasteiger partial charge in [-0.3, -0.25) is 4.79 Å². The third kappa shape index (κ3) is 3.84. The van der Waals surface area contributed by atoms with Gasteiger partial charge in [0.2, 0.25) is 0 Å². The zero-order valence-corrected chi connectivity index (χ0v) is 13.0. The van der Waals surface area contributed by atoms with E-state index < -0.39 is 0 Å². The van der Waals surface area contributed by atoms with Crippen LogP contribution in [0.15, 0.2) is 46.9 Å². The fourth-order valence-corrected chi connectivity index (χ4v) is 2.11. The molecule has 0 aromatic heterocycles. The van der Waals surface area contributed by atoms with Crippen LogP contribution in [-0.4, -0.2) is 12.5 Å². The second-order valence-electron chi connectivity index (χ2n) is 4.57. The van der Waals surface area contributed by atoms with Crippen LogP contribution in [0.3, 0.4) is 0 Å². The van der Waals surface area contributed by atoms with Gasteiger partial charge in [-0.2, -0.15) is 0 Å². The van der Waals surface area contributed by atoms with Crippen LogP contribution in [0.2, 0.25) is 0 Å². The molecule has 4 heteroatoms. The summed E-state index contributed by atoms with van der Waals surface area (Å²) in [6.45, 7) is 3.94. The minimum absolute atomic E-state index is 0.00362. The summed E-state index contributed by atoms with van der Waals surface area (Å²) in [5, 5.41) is 2.81. The number of hydrogen-bond acceptors (Lipinski definition) is 2. The van der Waals surface area contributed by atoms with Gasteiger partial charge in [-0.15, -0.1) is 0 Å². The second kappa shape index (κ2) is 6.57. The Morgan fingerprint density at radius 3 is 2.60 bits per heavy atom. The summed E-state index contributed by atoms with van der Waals surface area (Å²) >= 11 is 3.44. The Labute approximate surface area is 127 Å². The number of carbonyl (C=O) groups excluding carboxylic acids is 1. The number of hydrogen-bond donors (Lipinski definition) is 1. The Balaban J connectivity index is 1.93. The van der Waals surface area contributed by atoms with Crippen LogP contribution in [0.4, 0.5) is 5.69 Å². The van der Waals surface area contributed by atoms with Gasteiger partial charge in [0.25, 0.3) is 5.91 Å². The van der Waals surface area contributed by atoms with Crippen LogP contribution in [0, 0.1) is 13.8 Å². The van der Waals surface area contributed by atoms with Gasteiger partial charge in [0.1, 0.15) is 5.75 Å². The number of benzene rings is 2. The first kappa shape index (κ1) is 14.6. The molecule has 2 aromatic rings. The van der Waals surface area contributed by atoms with Crippen LogP contribution in [-0.2, 0) is 4.79 Å². The van der Waals surface area contributed by atoms with Crippen LogP contribution in [0.25, 0.3) is 0 Å². The smallest absolute Gasteiger partial charge is 0.262 e. The van der Waals surface area contributed by atoms with Crippen molar-refractivity contribution in [3.8, 4) is 5.75 Å². The molecule has 0 saturated carbocycles. The molecule has 3 nitrogen and oxygen atoms in total. The summed E-state index contributed by atoms with van der Waals surface area (Å²) in [5.74, 6) is 0.553. The van der Waals surface area contributed by atoms with Gasteiger partial charge in [0, 0.05) is 10.2 Å². The maximum atomic E-state index is 11.8. The van der Waals surface area contributed by atoms with Crippen molar-refractivity contribution < 1.29 is 9.53 Å². The molecule has 0 bridgehead atoms. The molecule has 0 radical (unpaired) electrons. The van der Waals surface area contributed by atoms with E-state index in [9.17, 15) is 4.79 Å². The lowest BCUT2D eigenvalue weighted by molar-refractivity contribution is -0.118.